The molecule has 102 valence electrons. The summed E-state index contributed by atoms with van der Waals surface area (Å²) in [6.07, 6.45) is 3.18. The predicted molar refractivity (Wildman–Crippen MR) is 51.7 cm³/mol. The Labute approximate surface area is 103 Å². The Balaban J connectivity index is 2.96. The van der Waals surface area contributed by atoms with Gasteiger partial charge in [-0.15, -0.1) is 12.3 Å². The molecule has 0 aliphatic carbocycles. The molecule has 1 aromatic rings. The molecule has 0 unspecified atom stereocenters. The van der Waals surface area contributed by atoms with Crippen LogP contribution >= 0.6 is 0 Å². The topological polar surface area (TPSA) is 35.5 Å². The number of ether oxygens (including phenoxy) is 2. The number of halogens is 5. The summed E-state index contributed by atoms with van der Waals surface area (Å²) in [6.45, 7) is -0.329. The lowest BCUT2D eigenvalue weighted by Gasteiger charge is -2.08. The van der Waals surface area contributed by atoms with Crippen molar-refractivity contribution >= 4 is 6.16 Å². The highest BCUT2D eigenvalue weighted by atomic mass is 19.2. The van der Waals surface area contributed by atoms with Gasteiger partial charge in [-0.05, 0) is 0 Å². The van der Waals surface area contributed by atoms with E-state index < -0.39 is 41.0 Å². The maximum atomic E-state index is 13.1. The summed E-state index contributed by atoms with van der Waals surface area (Å²) in [4.78, 5) is 10.9. The monoisotopic (exact) mass is 280 g/mol. The van der Waals surface area contributed by atoms with E-state index in [1.54, 1.807) is 0 Å². The standard InChI is InChI=1S/C11H5F5O3/c1-2-3-4-18-11(17)19-10-8(15)6(13)5(12)7(14)9(10)16/h1H,3-4H2. The number of terminal acetylenes is 1. The van der Waals surface area contributed by atoms with E-state index in [1.165, 1.54) is 0 Å². The molecule has 0 bridgehead atoms. The molecule has 1 aromatic carbocycles. The molecular formula is C11H5F5O3. The molecule has 0 radical (unpaired) electrons. The minimum Gasteiger partial charge on any atom is -0.433 e. The lowest BCUT2D eigenvalue weighted by Crippen LogP contribution is -2.15. The van der Waals surface area contributed by atoms with E-state index in [1.807, 2.05) is 0 Å². The van der Waals surface area contributed by atoms with E-state index in [-0.39, 0.29) is 13.0 Å². The van der Waals surface area contributed by atoms with Crippen LogP contribution in [0.2, 0.25) is 0 Å². The van der Waals surface area contributed by atoms with Crippen LogP contribution in [0.15, 0.2) is 0 Å². The number of hydrogen-bond acceptors (Lipinski definition) is 3. The van der Waals surface area contributed by atoms with Crippen molar-refractivity contribution in [1.29, 1.82) is 0 Å². The summed E-state index contributed by atoms with van der Waals surface area (Å²) in [7, 11) is 0. The highest BCUT2D eigenvalue weighted by Gasteiger charge is 2.28. The van der Waals surface area contributed by atoms with Gasteiger partial charge in [-0.3, -0.25) is 0 Å². The molecular weight excluding hydrogens is 275 g/mol. The van der Waals surface area contributed by atoms with Crippen LogP contribution in [0.25, 0.3) is 0 Å². The molecule has 8 heteroatoms. The molecule has 0 spiro atoms. The fraction of sp³-hybridized carbons (Fsp3) is 0.182. The number of carbonyl (C=O) groups is 1. The molecule has 0 fully saturated rings. The summed E-state index contributed by atoms with van der Waals surface area (Å²) in [5, 5.41) is 0. The highest BCUT2D eigenvalue weighted by Crippen LogP contribution is 2.29. The maximum absolute atomic E-state index is 13.1. The highest BCUT2D eigenvalue weighted by molar-refractivity contribution is 5.64. The van der Waals surface area contributed by atoms with E-state index >= 15 is 0 Å². The van der Waals surface area contributed by atoms with Crippen LogP contribution in [0.3, 0.4) is 0 Å². The first-order chi connectivity index (χ1) is 8.90. The van der Waals surface area contributed by atoms with Crippen molar-refractivity contribution in [3.05, 3.63) is 29.1 Å². The molecule has 0 amide bonds. The van der Waals surface area contributed by atoms with Crippen molar-refractivity contribution in [3.8, 4) is 18.1 Å². The molecule has 0 aliphatic rings. The van der Waals surface area contributed by atoms with Crippen molar-refractivity contribution in [2.24, 2.45) is 0 Å². The lowest BCUT2D eigenvalue weighted by atomic mass is 10.3. The summed E-state index contributed by atoms with van der Waals surface area (Å²) in [6, 6.07) is 0. The van der Waals surface area contributed by atoms with Gasteiger partial charge in [0.2, 0.25) is 34.8 Å². The lowest BCUT2D eigenvalue weighted by molar-refractivity contribution is 0.0969. The zero-order chi connectivity index (χ0) is 14.6. The first kappa shape index (κ1) is 14.8. The zero-order valence-corrected chi connectivity index (χ0v) is 9.11. The van der Waals surface area contributed by atoms with Gasteiger partial charge < -0.3 is 9.47 Å². The van der Waals surface area contributed by atoms with Gasteiger partial charge in [-0.1, -0.05) is 0 Å². The molecule has 0 aliphatic heterocycles. The third kappa shape index (κ3) is 3.13. The van der Waals surface area contributed by atoms with Gasteiger partial charge in [-0.25, -0.2) is 18.0 Å². The second kappa shape index (κ2) is 6.04. The number of rotatable bonds is 3. The van der Waals surface area contributed by atoms with Crippen LogP contribution in [0.4, 0.5) is 26.7 Å². The van der Waals surface area contributed by atoms with E-state index in [0.717, 1.165) is 0 Å². The molecule has 0 aromatic heterocycles. The fourth-order valence-corrected chi connectivity index (χ4v) is 0.980. The van der Waals surface area contributed by atoms with Crippen LogP contribution in [0, 0.1) is 41.4 Å². The maximum Gasteiger partial charge on any atom is 0.514 e. The molecule has 0 saturated heterocycles. The summed E-state index contributed by atoms with van der Waals surface area (Å²) in [5.74, 6) is -11.0. The largest absolute Gasteiger partial charge is 0.514 e. The smallest absolute Gasteiger partial charge is 0.433 e. The van der Waals surface area contributed by atoms with Gasteiger partial charge in [0.1, 0.15) is 6.61 Å². The Hall–Kier alpha value is -2.30. The van der Waals surface area contributed by atoms with Crippen molar-refractivity contribution in [3.63, 3.8) is 0 Å². The Morgan fingerprint density at radius 2 is 1.47 bits per heavy atom. The predicted octanol–water partition coefficient (Wildman–Crippen LogP) is 2.92. The average Bonchev–Trinajstić information content (AvgIpc) is 2.39. The minimum atomic E-state index is -2.36. The third-order valence-corrected chi connectivity index (χ3v) is 1.82. The molecule has 0 heterocycles. The Kier molecular flexibility index (Phi) is 4.69. The van der Waals surface area contributed by atoms with Gasteiger partial charge in [0.25, 0.3) is 0 Å². The summed E-state index contributed by atoms with van der Waals surface area (Å²) >= 11 is 0. The zero-order valence-electron chi connectivity index (χ0n) is 9.11. The first-order valence-electron chi connectivity index (χ1n) is 4.69. The van der Waals surface area contributed by atoms with E-state index in [4.69, 9.17) is 6.42 Å². The molecule has 0 saturated carbocycles. The normalized spacial score (nSPS) is 9.89. The van der Waals surface area contributed by atoms with Crippen LogP contribution in [0.5, 0.6) is 5.75 Å². The van der Waals surface area contributed by atoms with Crippen molar-refractivity contribution in [2.75, 3.05) is 6.61 Å². The Morgan fingerprint density at radius 3 is 1.95 bits per heavy atom. The van der Waals surface area contributed by atoms with Crippen molar-refractivity contribution < 1.29 is 36.2 Å². The Morgan fingerprint density at radius 1 is 1.00 bits per heavy atom. The number of carbonyl (C=O) groups excluding carboxylic acids is 1. The van der Waals surface area contributed by atoms with Crippen LogP contribution < -0.4 is 4.74 Å². The number of benzene rings is 1. The average molecular weight is 280 g/mol. The Bertz CT molecular complexity index is 521. The molecule has 1 rings (SSSR count). The second-order valence-corrected chi connectivity index (χ2v) is 3.05. The SMILES string of the molecule is C#CCCOC(=O)Oc1c(F)c(F)c(F)c(F)c1F. The molecule has 0 N–H and O–H groups in total. The van der Waals surface area contributed by atoms with E-state index in [0.29, 0.717) is 0 Å². The van der Waals surface area contributed by atoms with Crippen LogP contribution in [-0.4, -0.2) is 12.8 Å². The molecule has 19 heavy (non-hydrogen) atoms. The van der Waals surface area contributed by atoms with E-state index in [2.05, 4.69) is 15.4 Å². The fourth-order valence-electron chi connectivity index (χ4n) is 0.980. The van der Waals surface area contributed by atoms with Gasteiger partial charge in [-0.2, -0.15) is 8.78 Å². The van der Waals surface area contributed by atoms with Gasteiger partial charge in [0.05, 0.1) is 0 Å². The van der Waals surface area contributed by atoms with E-state index in [9.17, 15) is 26.7 Å². The third-order valence-electron chi connectivity index (χ3n) is 1.82. The van der Waals surface area contributed by atoms with Crippen LogP contribution in [0.1, 0.15) is 6.42 Å². The van der Waals surface area contributed by atoms with Crippen LogP contribution in [-0.2, 0) is 4.74 Å². The quantitative estimate of drug-likeness (QED) is 0.162. The summed E-state index contributed by atoms with van der Waals surface area (Å²) < 4.78 is 72.4. The number of hydrogen-bond donors (Lipinski definition) is 0. The van der Waals surface area contributed by atoms with Crippen molar-refractivity contribution in [1.82, 2.24) is 0 Å². The summed E-state index contributed by atoms with van der Waals surface area (Å²) in [5.41, 5.74) is 0. The minimum absolute atomic E-state index is 0.00773. The van der Waals surface area contributed by atoms with Gasteiger partial charge in [0, 0.05) is 6.42 Å². The molecule has 3 nitrogen and oxygen atoms in total. The first-order valence-corrected chi connectivity index (χ1v) is 4.69. The van der Waals surface area contributed by atoms with Gasteiger partial charge in [0.15, 0.2) is 0 Å². The molecule has 0 atom stereocenters. The second-order valence-electron chi connectivity index (χ2n) is 3.05. The van der Waals surface area contributed by atoms with Gasteiger partial charge >= 0.3 is 6.16 Å². The van der Waals surface area contributed by atoms with Crippen molar-refractivity contribution in [2.45, 2.75) is 6.42 Å².